The summed E-state index contributed by atoms with van der Waals surface area (Å²) in [5.74, 6) is -1.17. The van der Waals surface area contributed by atoms with Crippen molar-refractivity contribution in [3.63, 3.8) is 0 Å². The Morgan fingerprint density at radius 3 is 2.78 bits per heavy atom. The van der Waals surface area contributed by atoms with Crippen LogP contribution in [0.3, 0.4) is 0 Å². The minimum atomic E-state index is -1.17. The highest BCUT2D eigenvalue weighted by Gasteiger charge is 2.14. The van der Waals surface area contributed by atoms with Gasteiger partial charge >= 0.3 is 12.0 Å². The number of nitrogens with one attached hydrogen (secondary N) is 2. The summed E-state index contributed by atoms with van der Waals surface area (Å²) in [6.07, 6.45) is 2.86. The molecule has 0 spiro atoms. The standard InChI is InChI=1S/C10H10BrN3O4/c11-6-1-7(4-12-3-6)13-10(18)14-8(5-15)2-9(16)17/h1,3-5,8H,2H2,(H,16,17)(H2,13,14,18)/t8-/m0/s1. The van der Waals surface area contributed by atoms with Gasteiger partial charge in [-0.3, -0.25) is 9.78 Å². The van der Waals surface area contributed by atoms with Crippen molar-refractivity contribution < 1.29 is 19.5 Å². The fraction of sp³-hybridized carbons (Fsp3) is 0.200. The van der Waals surface area contributed by atoms with Gasteiger partial charge in [-0.05, 0) is 22.0 Å². The fourth-order valence-corrected chi connectivity index (χ4v) is 1.50. The van der Waals surface area contributed by atoms with Crippen molar-refractivity contribution in [1.29, 1.82) is 0 Å². The van der Waals surface area contributed by atoms with E-state index in [4.69, 9.17) is 5.11 Å². The second-order valence-electron chi connectivity index (χ2n) is 3.33. The number of halogens is 1. The van der Waals surface area contributed by atoms with Crippen LogP contribution < -0.4 is 10.6 Å². The first-order valence-corrected chi connectivity index (χ1v) is 5.65. The normalized spacial score (nSPS) is 11.4. The van der Waals surface area contributed by atoms with Gasteiger partial charge in [0, 0.05) is 10.7 Å². The number of carboxylic acid groups (broad SMARTS) is 1. The summed E-state index contributed by atoms with van der Waals surface area (Å²) < 4.78 is 0.678. The van der Waals surface area contributed by atoms with Crippen LogP contribution in [0.4, 0.5) is 10.5 Å². The topological polar surface area (TPSA) is 108 Å². The lowest BCUT2D eigenvalue weighted by Crippen LogP contribution is -2.40. The summed E-state index contributed by atoms with van der Waals surface area (Å²) in [7, 11) is 0. The zero-order chi connectivity index (χ0) is 13.5. The summed E-state index contributed by atoms with van der Waals surface area (Å²) in [4.78, 5) is 36.3. The van der Waals surface area contributed by atoms with Gasteiger partial charge in [-0.1, -0.05) is 0 Å². The molecule has 1 aromatic heterocycles. The van der Waals surface area contributed by atoms with Crippen molar-refractivity contribution in [2.24, 2.45) is 0 Å². The summed E-state index contributed by atoms with van der Waals surface area (Å²) >= 11 is 3.18. The number of carboxylic acids is 1. The number of amides is 2. The monoisotopic (exact) mass is 315 g/mol. The van der Waals surface area contributed by atoms with Crippen LogP contribution in [0.5, 0.6) is 0 Å². The second-order valence-corrected chi connectivity index (χ2v) is 4.25. The Labute approximate surface area is 111 Å². The Kier molecular flexibility index (Phi) is 5.25. The molecule has 0 aliphatic rings. The minimum absolute atomic E-state index is 0.368. The van der Waals surface area contributed by atoms with Gasteiger partial charge in [-0.2, -0.15) is 0 Å². The largest absolute Gasteiger partial charge is 0.481 e. The smallest absolute Gasteiger partial charge is 0.319 e. The molecular weight excluding hydrogens is 306 g/mol. The van der Waals surface area contributed by atoms with E-state index in [0.717, 1.165) is 0 Å². The number of carbonyl (C=O) groups excluding carboxylic acids is 2. The van der Waals surface area contributed by atoms with Gasteiger partial charge in [0.2, 0.25) is 0 Å². The predicted molar refractivity (Wildman–Crippen MR) is 66.2 cm³/mol. The van der Waals surface area contributed by atoms with Crippen molar-refractivity contribution in [3.8, 4) is 0 Å². The number of urea groups is 1. The third-order valence-electron chi connectivity index (χ3n) is 1.84. The molecule has 1 heterocycles. The maximum Gasteiger partial charge on any atom is 0.319 e. The van der Waals surface area contributed by atoms with Gasteiger partial charge in [0.1, 0.15) is 6.29 Å². The number of carbonyl (C=O) groups is 3. The molecule has 0 aliphatic heterocycles. The molecule has 18 heavy (non-hydrogen) atoms. The van der Waals surface area contributed by atoms with E-state index in [1.54, 1.807) is 12.3 Å². The molecule has 3 N–H and O–H groups in total. The molecule has 0 unspecified atom stereocenters. The number of anilines is 1. The second kappa shape index (κ2) is 6.70. The molecule has 0 aliphatic carbocycles. The summed E-state index contributed by atoms with van der Waals surface area (Å²) in [6.45, 7) is 0. The summed E-state index contributed by atoms with van der Waals surface area (Å²) in [5, 5.41) is 13.2. The van der Waals surface area contributed by atoms with E-state index < -0.39 is 24.5 Å². The third kappa shape index (κ3) is 4.91. The summed E-state index contributed by atoms with van der Waals surface area (Å²) in [6, 6.07) is -0.129. The van der Waals surface area contributed by atoms with Gasteiger partial charge in [0.15, 0.2) is 0 Å². The van der Waals surface area contributed by atoms with Crippen LogP contribution in [0.2, 0.25) is 0 Å². The fourth-order valence-electron chi connectivity index (χ4n) is 1.14. The molecule has 8 heteroatoms. The van der Waals surface area contributed by atoms with Crippen molar-refractivity contribution >= 4 is 39.9 Å². The quantitative estimate of drug-likeness (QED) is 0.703. The SMILES string of the molecule is O=C[C@H](CC(=O)O)NC(=O)Nc1cncc(Br)c1. The van der Waals surface area contributed by atoms with Crippen molar-refractivity contribution in [3.05, 3.63) is 22.9 Å². The van der Waals surface area contributed by atoms with Gasteiger partial charge in [-0.15, -0.1) is 0 Å². The highest BCUT2D eigenvalue weighted by molar-refractivity contribution is 9.10. The molecule has 0 fully saturated rings. The molecule has 0 radical (unpaired) electrons. The molecule has 1 atom stereocenters. The zero-order valence-corrected chi connectivity index (χ0v) is 10.7. The number of aldehydes is 1. The maximum atomic E-state index is 11.5. The summed E-state index contributed by atoms with van der Waals surface area (Å²) in [5.41, 5.74) is 0.418. The number of aliphatic carboxylic acids is 1. The van der Waals surface area contributed by atoms with E-state index in [-0.39, 0.29) is 0 Å². The van der Waals surface area contributed by atoms with Crippen LogP contribution in [0.25, 0.3) is 0 Å². The van der Waals surface area contributed by atoms with E-state index in [0.29, 0.717) is 16.4 Å². The van der Waals surface area contributed by atoms with Crippen LogP contribution in [-0.4, -0.2) is 34.4 Å². The van der Waals surface area contributed by atoms with E-state index in [9.17, 15) is 14.4 Å². The Bertz CT molecular complexity index is 466. The number of aromatic nitrogens is 1. The van der Waals surface area contributed by atoms with Gasteiger partial charge < -0.3 is 20.5 Å². The van der Waals surface area contributed by atoms with Crippen molar-refractivity contribution in [1.82, 2.24) is 10.3 Å². The average Bonchev–Trinajstić information content (AvgIpc) is 2.27. The predicted octanol–water partition coefficient (Wildman–Crippen LogP) is 1.01. The molecule has 0 saturated heterocycles. The van der Waals surface area contributed by atoms with Crippen LogP contribution in [0.1, 0.15) is 6.42 Å². The molecule has 0 aromatic carbocycles. The highest BCUT2D eigenvalue weighted by atomic mass is 79.9. The minimum Gasteiger partial charge on any atom is -0.481 e. The van der Waals surface area contributed by atoms with Crippen LogP contribution in [-0.2, 0) is 9.59 Å². The van der Waals surface area contributed by atoms with Gasteiger partial charge in [0.05, 0.1) is 24.3 Å². The Hall–Kier alpha value is -1.96. The van der Waals surface area contributed by atoms with E-state index in [1.165, 1.54) is 6.20 Å². The van der Waals surface area contributed by atoms with E-state index >= 15 is 0 Å². The van der Waals surface area contributed by atoms with E-state index in [2.05, 4.69) is 31.5 Å². The van der Waals surface area contributed by atoms with Crippen LogP contribution >= 0.6 is 15.9 Å². The third-order valence-corrected chi connectivity index (χ3v) is 2.27. The molecule has 0 saturated carbocycles. The number of rotatable bonds is 5. The lowest BCUT2D eigenvalue weighted by atomic mass is 10.2. The van der Waals surface area contributed by atoms with Crippen LogP contribution in [0.15, 0.2) is 22.9 Å². The highest BCUT2D eigenvalue weighted by Crippen LogP contribution is 2.13. The number of hydrogen-bond acceptors (Lipinski definition) is 4. The Morgan fingerprint density at radius 1 is 1.50 bits per heavy atom. The lowest BCUT2D eigenvalue weighted by molar-refractivity contribution is -0.138. The average molecular weight is 316 g/mol. The molecule has 0 bridgehead atoms. The molecule has 96 valence electrons. The molecule has 2 amide bonds. The lowest BCUT2D eigenvalue weighted by Gasteiger charge is -2.11. The Morgan fingerprint density at radius 2 is 2.22 bits per heavy atom. The van der Waals surface area contributed by atoms with E-state index in [1.807, 2.05) is 0 Å². The zero-order valence-electron chi connectivity index (χ0n) is 9.09. The number of pyridine rings is 1. The number of hydrogen-bond donors (Lipinski definition) is 3. The first-order valence-electron chi connectivity index (χ1n) is 4.86. The first kappa shape index (κ1) is 14.1. The first-order chi connectivity index (χ1) is 8.51. The molecule has 7 nitrogen and oxygen atoms in total. The molecule has 1 aromatic rings. The maximum absolute atomic E-state index is 11.5. The molecule has 1 rings (SSSR count). The van der Waals surface area contributed by atoms with Crippen LogP contribution in [0, 0.1) is 0 Å². The van der Waals surface area contributed by atoms with Crippen molar-refractivity contribution in [2.45, 2.75) is 12.5 Å². The van der Waals surface area contributed by atoms with Gasteiger partial charge in [-0.25, -0.2) is 4.79 Å². The van der Waals surface area contributed by atoms with Crippen molar-refractivity contribution in [2.75, 3.05) is 5.32 Å². The van der Waals surface area contributed by atoms with Gasteiger partial charge in [0.25, 0.3) is 0 Å². The Balaban J connectivity index is 2.55. The number of nitrogens with zero attached hydrogens (tertiary/aromatic N) is 1. The molecular formula is C10H10BrN3O4.